The first-order valence-corrected chi connectivity index (χ1v) is 12.0. The van der Waals surface area contributed by atoms with E-state index in [0.717, 1.165) is 29.5 Å². The van der Waals surface area contributed by atoms with Crippen LogP contribution < -0.4 is 15.1 Å². The molecule has 0 aliphatic carbocycles. The molecule has 1 saturated heterocycles. The molecule has 35 heavy (non-hydrogen) atoms. The van der Waals surface area contributed by atoms with Gasteiger partial charge in [-0.2, -0.15) is 0 Å². The maximum absolute atomic E-state index is 14.0. The molecule has 1 atom stereocenters. The molecule has 0 bridgehead atoms. The smallest absolute Gasteiger partial charge is 0.269 e. The number of hydrogen-bond donors (Lipinski definition) is 1. The average molecular weight is 494 g/mol. The molecule has 9 heteroatoms. The van der Waals surface area contributed by atoms with Crippen molar-refractivity contribution in [2.45, 2.75) is 11.3 Å². The predicted octanol–water partition coefficient (Wildman–Crippen LogP) is 3.60. The molecule has 1 N–H and O–H groups in total. The first-order chi connectivity index (χ1) is 16.9. The van der Waals surface area contributed by atoms with Crippen molar-refractivity contribution in [3.8, 4) is 0 Å². The molecule has 2 aliphatic rings. The highest BCUT2D eigenvalue weighted by molar-refractivity contribution is 8.02. The second-order valence-electron chi connectivity index (χ2n) is 8.25. The fourth-order valence-corrected chi connectivity index (χ4v) is 5.89. The summed E-state index contributed by atoms with van der Waals surface area (Å²) in [6, 6.07) is 19.8. The van der Waals surface area contributed by atoms with Crippen LogP contribution in [0.4, 0.5) is 20.2 Å². The lowest BCUT2D eigenvalue weighted by Gasteiger charge is -2.33. The topological polar surface area (TPSA) is 69.7 Å². The molecule has 178 valence electrons. The minimum absolute atomic E-state index is 0.0177. The Hall–Kier alpha value is -3.72. The third-order valence-corrected chi connectivity index (χ3v) is 7.49. The zero-order valence-corrected chi connectivity index (χ0v) is 19.4. The van der Waals surface area contributed by atoms with Crippen LogP contribution in [0.2, 0.25) is 0 Å². The quantitative estimate of drug-likeness (QED) is 0.570. The SMILES string of the molecule is O=C(CN1C(=O)C2(SCC(=O)N2c2ccc(F)c(F)c2)c2ccccc21)NCCc1ccccc1. The van der Waals surface area contributed by atoms with E-state index in [0.29, 0.717) is 24.2 Å². The number of nitrogens with one attached hydrogen (secondary N) is 1. The van der Waals surface area contributed by atoms with E-state index in [4.69, 9.17) is 0 Å². The largest absolute Gasteiger partial charge is 0.354 e. The van der Waals surface area contributed by atoms with Crippen LogP contribution in [0.3, 0.4) is 0 Å². The summed E-state index contributed by atoms with van der Waals surface area (Å²) in [5, 5.41) is 2.84. The van der Waals surface area contributed by atoms with Gasteiger partial charge in [0.1, 0.15) is 6.54 Å². The number of amides is 3. The summed E-state index contributed by atoms with van der Waals surface area (Å²) < 4.78 is 27.6. The third-order valence-electron chi connectivity index (χ3n) is 6.11. The van der Waals surface area contributed by atoms with Gasteiger partial charge in [0.2, 0.25) is 16.7 Å². The number of benzene rings is 3. The Bertz CT molecular complexity index is 1320. The summed E-state index contributed by atoms with van der Waals surface area (Å²) >= 11 is 1.11. The lowest BCUT2D eigenvalue weighted by Crippen LogP contribution is -2.51. The Balaban J connectivity index is 1.42. The number of thioether (sulfide) groups is 1. The highest BCUT2D eigenvalue weighted by Crippen LogP contribution is 2.55. The molecule has 2 aliphatic heterocycles. The van der Waals surface area contributed by atoms with E-state index < -0.39 is 28.3 Å². The molecule has 5 rings (SSSR count). The molecular weight excluding hydrogens is 472 g/mol. The lowest BCUT2D eigenvalue weighted by atomic mass is 10.0. The molecule has 3 aromatic carbocycles. The van der Waals surface area contributed by atoms with Crippen molar-refractivity contribution in [2.75, 3.05) is 28.6 Å². The van der Waals surface area contributed by atoms with E-state index >= 15 is 0 Å². The molecule has 6 nitrogen and oxygen atoms in total. The standard InChI is InChI=1S/C26H21F2N3O3S/c27-20-11-10-18(14-21(20)28)31-24(33)16-35-26(31)19-8-4-5-9-22(19)30(25(26)34)15-23(32)29-13-12-17-6-2-1-3-7-17/h1-11,14H,12-13,15-16H2,(H,29,32). The average Bonchev–Trinajstić information content (AvgIpc) is 3.32. The minimum atomic E-state index is -1.50. The van der Waals surface area contributed by atoms with E-state index in [2.05, 4.69) is 5.32 Å². The number of anilines is 2. The summed E-state index contributed by atoms with van der Waals surface area (Å²) in [5.74, 6) is -3.40. The fourth-order valence-electron chi connectivity index (χ4n) is 4.53. The van der Waals surface area contributed by atoms with E-state index in [1.807, 2.05) is 30.3 Å². The molecule has 3 aromatic rings. The highest BCUT2D eigenvalue weighted by Gasteiger charge is 2.61. The second kappa shape index (κ2) is 9.14. The minimum Gasteiger partial charge on any atom is -0.354 e. The van der Waals surface area contributed by atoms with Crippen molar-refractivity contribution >= 4 is 40.9 Å². The van der Waals surface area contributed by atoms with Crippen molar-refractivity contribution < 1.29 is 23.2 Å². The van der Waals surface area contributed by atoms with E-state index in [1.165, 1.54) is 15.9 Å². The summed E-state index contributed by atoms with van der Waals surface area (Å²) in [7, 11) is 0. The molecule has 3 amide bonds. The zero-order valence-electron chi connectivity index (χ0n) is 18.5. The second-order valence-corrected chi connectivity index (χ2v) is 9.42. The van der Waals surface area contributed by atoms with Crippen LogP contribution in [0.5, 0.6) is 0 Å². The number of halogens is 2. The van der Waals surface area contributed by atoms with Crippen molar-refractivity contribution in [1.82, 2.24) is 5.32 Å². The molecule has 2 heterocycles. The molecule has 1 fully saturated rings. The third kappa shape index (κ3) is 3.95. The van der Waals surface area contributed by atoms with Crippen LogP contribution >= 0.6 is 11.8 Å². The Kier molecular flexibility index (Phi) is 6.02. The van der Waals surface area contributed by atoms with Gasteiger partial charge in [0.15, 0.2) is 11.6 Å². The number of rotatable bonds is 6. The highest BCUT2D eigenvalue weighted by atomic mass is 32.2. The first kappa shape index (κ1) is 23.0. The first-order valence-electron chi connectivity index (χ1n) is 11.1. The van der Waals surface area contributed by atoms with Gasteiger partial charge >= 0.3 is 0 Å². The predicted molar refractivity (Wildman–Crippen MR) is 130 cm³/mol. The maximum Gasteiger partial charge on any atom is 0.269 e. The molecule has 1 spiro atoms. The van der Waals surface area contributed by atoms with Gasteiger partial charge < -0.3 is 5.32 Å². The van der Waals surface area contributed by atoms with Crippen LogP contribution in [0.15, 0.2) is 72.8 Å². The summed E-state index contributed by atoms with van der Waals surface area (Å²) in [5.41, 5.74) is 2.20. The summed E-state index contributed by atoms with van der Waals surface area (Å²) in [4.78, 5) is 40.6. The Morgan fingerprint density at radius 3 is 2.49 bits per heavy atom. The normalized spacial score (nSPS) is 18.9. The van der Waals surface area contributed by atoms with Crippen molar-refractivity contribution in [2.24, 2.45) is 0 Å². The molecular formula is C26H21F2N3O3S. The van der Waals surface area contributed by atoms with Crippen LogP contribution in [0.1, 0.15) is 11.1 Å². The number of nitrogens with zero attached hydrogens (tertiary/aromatic N) is 2. The van der Waals surface area contributed by atoms with Crippen LogP contribution in [0.25, 0.3) is 0 Å². The zero-order chi connectivity index (χ0) is 24.6. The maximum atomic E-state index is 14.0. The Labute approximate surface area is 204 Å². The van der Waals surface area contributed by atoms with Crippen molar-refractivity contribution in [1.29, 1.82) is 0 Å². The van der Waals surface area contributed by atoms with E-state index in [1.54, 1.807) is 24.3 Å². The number of carbonyl (C=O) groups is 3. The van der Waals surface area contributed by atoms with Crippen LogP contribution in [-0.4, -0.2) is 36.6 Å². The summed E-state index contributed by atoms with van der Waals surface area (Å²) in [6.07, 6.45) is 0.648. The van der Waals surface area contributed by atoms with E-state index in [9.17, 15) is 23.2 Å². The monoisotopic (exact) mass is 493 g/mol. The van der Waals surface area contributed by atoms with Gasteiger partial charge in [-0.3, -0.25) is 24.2 Å². The molecule has 0 saturated carbocycles. The van der Waals surface area contributed by atoms with Crippen molar-refractivity contribution in [3.05, 3.63) is 95.6 Å². The van der Waals surface area contributed by atoms with E-state index in [-0.39, 0.29) is 23.9 Å². The number of fused-ring (bicyclic) bond motifs is 2. The number of hydrogen-bond acceptors (Lipinski definition) is 4. The lowest BCUT2D eigenvalue weighted by molar-refractivity contribution is -0.125. The van der Waals surface area contributed by atoms with Crippen molar-refractivity contribution in [3.63, 3.8) is 0 Å². The Morgan fingerprint density at radius 1 is 0.971 bits per heavy atom. The van der Waals surface area contributed by atoms with Gasteiger partial charge in [0.05, 0.1) is 11.4 Å². The van der Waals surface area contributed by atoms with Crippen LogP contribution in [-0.2, 0) is 25.7 Å². The Morgan fingerprint density at radius 2 is 1.71 bits per heavy atom. The van der Waals surface area contributed by atoms with Gasteiger partial charge in [-0.25, -0.2) is 8.78 Å². The van der Waals surface area contributed by atoms with Gasteiger partial charge in [0, 0.05) is 23.9 Å². The fraction of sp³-hybridized carbons (Fsp3) is 0.192. The molecule has 0 aromatic heterocycles. The van der Waals surface area contributed by atoms with Gasteiger partial charge in [-0.15, -0.1) is 11.8 Å². The molecule has 0 radical (unpaired) electrons. The van der Waals surface area contributed by atoms with Gasteiger partial charge in [0.25, 0.3) is 5.91 Å². The van der Waals surface area contributed by atoms with Gasteiger partial charge in [-0.05, 0) is 30.2 Å². The molecule has 1 unspecified atom stereocenters. The van der Waals surface area contributed by atoms with Crippen LogP contribution in [0, 0.1) is 11.6 Å². The summed E-state index contributed by atoms with van der Waals surface area (Å²) in [6.45, 7) is 0.179. The number of carbonyl (C=O) groups excluding carboxylic acids is 3. The van der Waals surface area contributed by atoms with Gasteiger partial charge in [-0.1, -0.05) is 48.5 Å². The number of para-hydroxylation sites is 1.